The predicted molar refractivity (Wildman–Crippen MR) is 78.0 cm³/mol. The summed E-state index contributed by atoms with van der Waals surface area (Å²) < 4.78 is 24.3. The molecule has 1 aromatic rings. The second-order valence-corrected chi connectivity index (χ2v) is 4.57. The van der Waals surface area contributed by atoms with Gasteiger partial charge >= 0.3 is 0 Å². The molecule has 0 saturated heterocycles. The van der Waals surface area contributed by atoms with Crippen LogP contribution in [-0.4, -0.2) is 62.9 Å². The molecule has 1 aromatic heterocycles. The third kappa shape index (κ3) is 4.37. The fourth-order valence-electron chi connectivity index (χ4n) is 1.98. The topological polar surface area (TPSA) is 63.7 Å². The number of hydrogen-bond acceptors (Lipinski definition) is 5. The van der Waals surface area contributed by atoms with Crippen molar-refractivity contribution in [2.75, 3.05) is 46.3 Å². The summed E-state index contributed by atoms with van der Waals surface area (Å²) in [5, 5.41) is 2.62. The molecule has 6 nitrogen and oxygen atoms in total. The molecule has 7 heteroatoms. The van der Waals surface area contributed by atoms with Crippen LogP contribution in [0.3, 0.4) is 0 Å². The molecule has 1 N–H and O–H groups in total. The quantitative estimate of drug-likeness (QED) is 0.786. The van der Waals surface area contributed by atoms with E-state index in [1.165, 1.54) is 17.2 Å². The maximum atomic E-state index is 14.2. The van der Waals surface area contributed by atoms with Crippen molar-refractivity contribution in [1.29, 1.82) is 0 Å². The number of nitrogens with zero attached hydrogens (tertiary/aromatic N) is 2. The Hall–Kier alpha value is -1.73. The second-order valence-electron chi connectivity index (χ2n) is 4.57. The fourth-order valence-corrected chi connectivity index (χ4v) is 1.98. The molecule has 1 heterocycles. The molecule has 0 bridgehead atoms. The van der Waals surface area contributed by atoms with Gasteiger partial charge in [-0.05, 0) is 13.0 Å². The minimum atomic E-state index is -0.656. The first-order valence-corrected chi connectivity index (χ1v) is 6.67. The van der Waals surface area contributed by atoms with E-state index in [1.54, 1.807) is 21.3 Å². The molecule has 0 aromatic carbocycles. The summed E-state index contributed by atoms with van der Waals surface area (Å²) in [5.74, 6) is -1.02. The number of carbonyl (C=O) groups excluding carboxylic acids is 1. The molecular formula is C14H22FN3O3. The van der Waals surface area contributed by atoms with Crippen molar-refractivity contribution in [3.8, 4) is 0 Å². The van der Waals surface area contributed by atoms with E-state index < -0.39 is 11.7 Å². The number of ether oxygens (including phenoxy) is 2. The largest absolute Gasteiger partial charge is 0.383 e. The number of pyridine rings is 1. The predicted octanol–water partition coefficient (Wildman–Crippen LogP) is 1.39. The van der Waals surface area contributed by atoms with E-state index in [9.17, 15) is 9.18 Å². The van der Waals surface area contributed by atoms with Crippen molar-refractivity contribution in [3.63, 3.8) is 0 Å². The molecule has 0 spiro atoms. The maximum Gasteiger partial charge on any atom is 0.257 e. The van der Waals surface area contributed by atoms with Crippen LogP contribution in [0.4, 0.5) is 10.2 Å². The number of hydrogen-bond donors (Lipinski definition) is 1. The SMILES string of the molecule is CNc1nccc(C(=O)N(CCOC)C(C)COC)c1F. The number of amides is 1. The van der Waals surface area contributed by atoms with E-state index in [-0.39, 0.29) is 17.4 Å². The highest BCUT2D eigenvalue weighted by Gasteiger charge is 2.25. The number of nitrogens with one attached hydrogen (secondary N) is 1. The smallest absolute Gasteiger partial charge is 0.257 e. The third-order valence-corrected chi connectivity index (χ3v) is 3.09. The van der Waals surface area contributed by atoms with Gasteiger partial charge in [-0.3, -0.25) is 4.79 Å². The van der Waals surface area contributed by atoms with Gasteiger partial charge < -0.3 is 19.7 Å². The lowest BCUT2D eigenvalue weighted by Gasteiger charge is -2.29. The van der Waals surface area contributed by atoms with Crippen LogP contribution in [0.15, 0.2) is 12.3 Å². The minimum Gasteiger partial charge on any atom is -0.383 e. The zero-order valence-corrected chi connectivity index (χ0v) is 12.9. The Kier molecular flexibility index (Phi) is 7.04. The first kappa shape index (κ1) is 17.3. The van der Waals surface area contributed by atoms with Crippen LogP contribution >= 0.6 is 0 Å². The van der Waals surface area contributed by atoms with Gasteiger partial charge in [0.05, 0.1) is 24.8 Å². The van der Waals surface area contributed by atoms with Crippen LogP contribution in [0.1, 0.15) is 17.3 Å². The number of anilines is 1. The third-order valence-electron chi connectivity index (χ3n) is 3.09. The van der Waals surface area contributed by atoms with E-state index >= 15 is 0 Å². The molecule has 1 atom stereocenters. The number of rotatable bonds is 8. The van der Waals surface area contributed by atoms with Gasteiger partial charge in [0.1, 0.15) is 0 Å². The van der Waals surface area contributed by atoms with E-state index in [2.05, 4.69) is 10.3 Å². The molecule has 0 saturated carbocycles. The molecule has 0 aliphatic rings. The van der Waals surface area contributed by atoms with Gasteiger partial charge in [-0.1, -0.05) is 0 Å². The molecule has 1 amide bonds. The van der Waals surface area contributed by atoms with Gasteiger partial charge in [0.25, 0.3) is 5.91 Å². The average Bonchev–Trinajstić information content (AvgIpc) is 2.48. The fraction of sp³-hybridized carbons (Fsp3) is 0.571. The summed E-state index contributed by atoms with van der Waals surface area (Å²) >= 11 is 0. The lowest BCUT2D eigenvalue weighted by molar-refractivity contribution is 0.0475. The Labute approximate surface area is 124 Å². The second kappa shape index (κ2) is 8.53. The molecule has 0 radical (unpaired) electrons. The summed E-state index contributed by atoms with van der Waals surface area (Å²) in [4.78, 5) is 17.9. The Balaban J connectivity index is 3.04. The minimum absolute atomic E-state index is 0.0200. The van der Waals surface area contributed by atoms with E-state index in [4.69, 9.17) is 9.47 Å². The van der Waals surface area contributed by atoms with Crippen LogP contribution in [-0.2, 0) is 9.47 Å². The van der Waals surface area contributed by atoms with Crippen LogP contribution < -0.4 is 5.32 Å². The Morgan fingerprint density at radius 3 is 2.76 bits per heavy atom. The highest BCUT2D eigenvalue weighted by molar-refractivity contribution is 5.95. The van der Waals surface area contributed by atoms with Gasteiger partial charge in [0, 0.05) is 34.0 Å². The van der Waals surface area contributed by atoms with Crippen molar-refractivity contribution < 1.29 is 18.7 Å². The summed E-state index contributed by atoms with van der Waals surface area (Å²) in [7, 11) is 4.66. The molecule has 1 rings (SSSR count). The molecule has 21 heavy (non-hydrogen) atoms. The highest BCUT2D eigenvalue weighted by atomic mass is 19.1. The Morgan fingerprint density at radius 2 is 2.19 bits per heavy atom. The molecule has 0 fully saturated rings. The van der Waals surface area contributed by atoms with Crippen molar-refractivity contribution in [2.24, 2.45) is 0 Å². The van der Waals surface area contributed by atoms with E-state index in [0.29, 0.717) is 19.8 Å². The molecular weight excluding hydrogens is 277 g/mol. The highest BCUT2D eigenvalue weighted by Crippen LogP contribution is 2.17. The van der Waals surface area contributed by atoms with Gasteiger partial charge in [0.2, 0.25) is 0 Å². The zero-order chi connectivity index (χ0) is 15.8. The summed E-state index contributed by atoms with van der Waals surface area (Å²) in [6, 6.07) is 1.18. The molecule has 0 aliphatic carbocycles. The van der Waals surface area contributed by atoms with Crippen LogP contribution in [0.25, 0.3) is 0 Å². The monoisotopic (exact) mass is 299 g/mol. The van der Waals surface area contributed by atoms with Crippen LogP contribution in [0.5, 0.6) is 0 Å². The number of halogens is 1. The van der Waals surface area contributed by atoms with Crippen LogP contribution in [0, 0.1) is 5.82 Å². The van der Waals surface area contributed by atoms with Crippen LogP contribution in [0.2, 0.25) is 0 Å². The lowest BCUT2D eigenvalue weighted by Crippen LogP contribution is -2.43. The summed E-state index contributed by atoms with van der Waals surface area (Å²) in [6.07, 6.45) is 1.40. The number of methoxy groups -OCH3 is 2. The normalized spacial score (nSPS) is 12.0. The Morgan fingerprint density at radius 1 is 1.48 bits per heavy atom. The maximum absolute atomic E-state index is 14.2. The van der Waals surface area contributed by atoms with Gasteiger partial charge in [-0.25, -0.2) is 9.37 Å². The standard InChI is InChI=1S/C14H22FN3O3/c1-10(9-21-4)18(7-8-20-3)14(19)11-5-6-17-13(16-2)12(11)15/h5-6,10H,7-9H2,1-4H3,(H,16,17). The molecule has 0 aliphatic heterocycles. The summed E-state index contributed by atoms with van der Waals surface area (Å²) in [5.41, 5.74) is -0.0200. The Bertz CT molecular complexity index is 471. The van der Waals surface area contributed by atoms with E-state index in [1.807, 2.05) is 6.92 Å². The van der Waals surface area contributed by atoms with Crippen molar-refractivity contribution >= 4 is 11.7 Å². The zero-order valence-electron chi connectivity index (χ0n) is 12.9. The van der Waals surface area contributed by atoms with Gasteiger partial charge in [0.15, 0.2) is 11.6 Å². The van der Waals surface area contributed by atoms with Crippen molar-refractivity contribution in [2.45, 2.75) is 13.0 Å². The first-order valence-electron chi connectivity index (χ1n) is 6.67. The number of carbonyl (C=O) groups is 1. The van der Waals surface area contributed by atoms with E-state index in [0.717, 1.165) is 0 Å². The van der Waals surface area contributed by atoms with Crippen molar-refractivity contribution in [1.82, 2.24) is 9.88 Å². The summed E-state index contributed by atoms with van der Waals surface area (Å²) in [6.45, 7) is 2.93. The average molecular weight is 299 g/mol. The number of aromatic nitrogens is 1. The lowest BCUT2D eigenvalue weighted by atomic mass is 10.1. The first-order chi connectivity index (χ1) is 10.1. The van der Waals surface area contributed by atoms with Gasteiger partial charge in [-0.15, -0.1) is 0 Å². The van der Waals surface area contributed by atoms with Crippen molar-refractivity contribution in [3.05, 3.63) is 23.6 Å². The molecule has 1 unspecified atom stereocenters. The molecule has 118 valence electrons. The van der Waals surface area contributed by atoms with Gasteiger partial charge in [-0.2, -0.15) is 0 Å².